The number of carbonyl (C=O) groups is 1. The van der Waals surface area contributed by atoms with Crippen LogP contribution in [0.1, 0.15) is 21.5 Å². The van der Waals surface area contributed by atoms with Crippen LogP contribution >= 0.6 is 11.6 Å². The predicted octanol–water partition coefficient (Wildman–Crippen LogP) is 3.58. The molecule has 1 aromatic heterocycles. The van der Waals surface area contributed by atoms with Crippen LogP contribution in [-0.4, -0.2) is 15.7 Å². The van der Waals surface area contributed by atoms with E-state index in [1.54, 1.807) is 42.2 Å². The molecule has 6 nitrogen and oxygen atoms in total. The molecule has 0 spiro atoms. The Kier molecular flexibility index (Phi) is 4.33. The summed E-state index contributed by atoms with van der Waals surface area (Å²) in [5, 5.41) is 8.04. The van der Waals surface area contributed by atoms with E-state index < -0.39 is 11.7 Å². The quantitative estimate of drug-likeness (QED) is 0.707. The molecular formula is C19H17ClFN5O. The molecule has 0 radical (unpaired) electrons. The van der Waals surface area contributed by atoms with Crippen LogP contribution in [0.2, 0.25) is 5.02 Å². The largest absolute Gasteiger partial charge is 0.338 e. The molecule has 8 heteroatoms. The van der Waals surface area contributed by atoms with Gasteiger partial charge in [-0.25, -0.2) is 4.39 Å². The van der Waals surface area contributed by atoms with Crippen molar-refractivity contribution in [2.75, 3.05) is 10.2 Å². The Labute approximate surface area is 160 Å². The number of hydrogen-bond donors (Lipinski definition) is 2. The van der Waals surface area contributed by atoms with Gasteiger partial charge in [0, 0.05) is 24.2 Å². The van der Waals surface area contributed by atoms with Gasteiger partial charge in [-0.2, -0.15) is 5.10 Å². The summed E-state index contributed by atoms with van der Waals surface area (Å²) in [6.45, 7) is 0.459. The number of nitrogens with one attached hydrogen (secondary N) is 1. The van der Waals surface area contributed by atoms with Gasteiger partial charge in [0.25, 0.3) is 5.91 Å². The second-order valence-corrected chi connectivity index (χ2v) is 6.77. The van der Waals surface area contributed by atoms with E-state index >= 15 is 0 Å². The van der Waals surface area contributed by atoms with E-state index in [1.165, 1.54) is 17.0 Å². The number of aryl methyl sites for hydroxylation is 1. The Morgan fingerprint density at radius 3 is 2.89 bits per heavy atom. The highest BCUT2D eigenvalue weighted by Gasteiger charge is 2.28. The van der Waals surface area contributed by atoms with Crippen LogP contribution in [0.3, 0.4) is 0 Å². The van der Waals surface area contributed by atoms with E-state index in [1.807, 2.05) is 0 Å². The first kappa shape index (κ1) is 17.5. The Morgan fingerprint density at radius 1 is 1.33 bits per heavy atom. The first-order chi connectivity index (χ1) is 13.0. The molecule has 0 bridgehead atoms. The highest BCUT2D eigenvalue weighted by molar-refractivity contribution is 6.31. The van der Waals surface area contributed by atoms with Crippen molar-refractivity contribution >= 4 is 34.7 Å². The van der Waals surface area contributed by atoms with Gasteiger partial charge in [0.2, 0.25) is 0 Å². The van der Waals surface area contributed by atoms with Crippen molar-refractivity contribution in [2.24, 2.45) is 12.8 Å². The van der Waals surface area contributed by atoms with Gasteiger partial charge in [-0.05, 0) is 35.9 Å². The molecule has 3 N–H and O–H groups in total. The van der Waals surface area contributed by atoms with Crippen molar-refractivity contribution in [2.45, 2.75) is 13.1 Å². The fraction of sp³-hybridized carbons (Fsp3) is 0.158. The Morgan fingerprint density at radius 2 is 2.15 bits per heavy atom. The van der Waals surface area contributed by atoms with Gasteiger partial charge in [-0.3, -0.25) is 9.48 Å². The van der Waals surface area contributed by atoms with Crippen molar-refractivity contribution in [3.63, 3.8) is 0 Å². The average Bonchev–Trinajstić information content (AvgIpc) is 2.90. The molecule has 0 saturated carbocycles. The molecule has 0 aliphatic carbocycles. The van der Waals surface area contributed by atoms with Crippen molar-refractivity contribution in [3.05, 3.63) is 70.1 Å². The zero-order chi connectivity index (χ0) is 19.1. The summed E-state index contributed by atoms with van der Waals surface area (Å²) in [7, 11) is 1.80. The third-order valence-electron chi connectivity index (χ3n) is 4.59. The van der Waals surface area contributed by atoms with E-state index in [2.05, 4.69) is 10.4 Å². The average molecular weight is 386 g/mol. The monoisotopic (exact) mass is 385 g/mol. The van der Waals surface area contributed by atoms with Crippen LogP contribution < -0.4 is 16.0 Å². The van der Waals surface area contributed by atoms with Gasteiger partial charge < -0.3 is 16.0 Å². The molecule has 4 rings (SSSR count). The molecule has 27 heavy (non-hydrogen) atoms. The van der Waals surface area contributed by atoms with Crippen molar-refractivity contribution in [3.8, 4) is 0 Å². The minimum Gasteiger partial charge on any atom is -0.338 e. The number of anilines is 3. The molecule has 0 atom stereocenters. The molecule has 3 aromatic rings. The van der Waals surface area contributed by atoms with Crippen LogP contribution in [0, 0.1) is 5.82 Å². The highest BCUT2D eigenvalue weighted by Crippen LogP contribution is 2.38. The van der Waals surface area contributed by atoms with E-state index in [0.717, 1.165) is 11.4 Å². The fourth-order valence-electron chi connectivity index (χ4n) is 3.17. The summed E-state index contributed by atoms with van der Waals surface area (Å²) in [5.41, 5.74) is 8.24. The Bertz CT molecular complexity index is 1050. The zero-order valence-corrected chi connectivity index (χ0v) is 15.3. The van der Waals surface area contributed by atoms with E-state index in [4.69, 9.17) is 17.3 Å². The van der Waals surface area contributed by atoms with Gasteiger partial charge >= 0.3 is 0 Å². The SMILES string of the molecule is Cn1ncc2c1Nc1cc(Cl)ccc1N(C(=O)c1ccc(CN)cc1F)C2. The predicted molar refractivity (Wildman–Crippen MR) is 103 cm³/mol. The lowest BCUT2D eigenvalue weighted by atomic mass is 10.1. The maximum Gasteiger partial charge on any atom is 0.261 e. The molecule has 1 amide bonds. The number of carbonyl (C=O) groups excluding carboxylic acids is 1. The maximum atomic E-state index is 14.5. The van der Waals surface area contributed by atoms with Crippen molar-refractivity contribution in [1.29, 1.82) is 0 Å². The topological polar surface area (TPSA) is 76.2 Å². The van der Waals surface area contributed by atoms with E-state index in [-0.39, 0.29) is 18.7 Å². The van der Waals surface area contributed by atoms with E-state index in [9.17, 15) is 9.18 Å². The molecule has 2 heterocycles. The Hall–Kier alpha value is -2.90. The molecule has 0 unspecified atom stereocenters. The number of hydrogen-bond acceptors (Lipinski definition) is 4. The van der Waals surface area contributed by atoms with Gasteiger partial charge in [0.05, 0.1) is 29.7 Å². The number of aromatic nitrogens is 2. The zero-order valence-electron chi connectivity index (χ0n) is 14.5. The summed E-state index contributed by atoms with van der Waals surface area (Å²) in [5.74, 6) is -0.284. The lowest BCUT2D eigenvalue weighted by molar-refractivity contribution is 0.0981. The highest BCUT2D eigenvalue weighted by atomic mass is 35.5. The number of nitrogens with two attached hydrogens (primary N) is 1. The van der Waals surface area contributed by atoms with Crippen LogP contribution in [-0.2, 0) is 20.1 Å². The second kappa shape index (κ2) is 6.68. The molecule has 138 valence electrons. The number of nitrogens with zero attached hydrogens (tertiary/aromatic N) is 3. The smallest absolute Gasteiger partial charge is 0.261 e. The van der Waals surface area contributed by atoms with Crippen LogP contribution in [0.5, 0.6) is 0 Å². The molecule has 1 aliphatic rings. The standard InChI is InChI=1S/C19H17ClFN5O/c1-25-18-12(9-23-25)10-26(17-5-3-13(20)7-16(17)24-18)19(27)14-4-2-11(8-22)6-15(14)21/h2-7,9,24H,8,10,22H2,1H3. The minimum atomic E-state index is -0.595. The van der Waals surface area contributed by atoms with Gasteiger partial charge in [-0.15, -0.1) is 0 Å². The summed E-state index contributed by atoms with van der Waals surface area (Å²) < 4.78 is 16.2. The third-order valence-corrected chi connectivity index (χ3v) is 4.83. The lowest BCUT2D eigenvalue weighted by Gasteiger charge is -2.23. The fourth-order valence-corrected chi connectivity index (χ4v) is 3.34. The summed E-state index contributed by atoms with van der Waals surface area (Å²) in [6.07, 6.45) is 1.68. The minimum absolute atomic E-state index is 0.0135. The summed E-state index contributed by atoms with van der Waals surface area (Å²) in [4.78, 5) is 14.7. The van der Waals surface area contributed by atoms with Crippen LogP contribution in [0.15, 0.2) is 42.6 Å². The van der Waals surface area contributed by atoms with Crippen LogP contribution in [0.4, 0.5) is 21.6 Å². The summed E-state index contributed by atoms with van der Waals surface area (Å²) >= 11 is 6.14. The van der Waals surface area contributed by atoms with Crippen molar-refractivity contribution < 1.29 is 9.18 Å². The van der Waals surface area contributed by atoms with Gasteiger partial charge in [0.1, 0.15) is 11.6 Å². The molecular weight excluding hydrogens is 369 g/mol. The number of fused-ring (bicyclic) bond motifs is 2. The van der Waals surface area contributed by atoms with Gasteiger partial charge in [0.15, 0.2) is 0 Å². The maximum absolute atomic E-state index is 14.5. The lowest BCUT2D eigenvalue weighted by Crippen LogP contribution is -2.30. The first-order valence-corrected chi connectivity index (χ1v) is 8.73. The third kappa shape index (κ3) is 3.05. The molecule has 2 aromatic carbocycles. The molecule has 0 fully saturated rings. The first-order valence-electron chi connectivity index (χ1n) is 8.35. The van der Waals surface area contributed by atoms with Crippen molar-refractivity contribution in [1.82, 2.24) is 9.78 Å². The summed E-state index contributed by atoms with van der Waals surface area (Å²) in [6, 6.07) is 9.59. The number of rotatable bonds is 2. The van der Waals surface area contributed by atoms with Crippen LogP contribution in [0.25, 0.3) is 0 Å². The second-order valence-electron chi connectivity index (χ2n) is 6.34. The van der Waals surface area contributed by atoms with E-state index in [0.29, 0.717) is 22.0 Å². The normalized spacial score (nSPS) is 12.8. The molecule has 0 saturated heterocycles. The number of amides is 1. The molecule has 1 aliphatic heterocycles. The number of halogens is 2. The van der Waals surface area contributed by atoms with Gasteiger partial charge in [-0.1, -0.05) is 17.7 Å². The number of benzene rings is 2. The Balaban J connectivity index is 1.83.